The van der Waals surface area contributed by atoms with Crippen molar-refractivity contribution < 1.29 is 9.53 Å². The van der Waals surface area contributed by atoms with Crippen LogP contribution in [0.15, 0.2) is 24.3 Å². The Bertz CT molecular complexity index is 241. The van der Waals surface area contributed by atoms with E-state index in [2.05, 4.69) is 13.0 Å². The molecular formula is C14H24O2. The van der Waals surface area contributed by atoms with Crippen LogP contribution >= 0.6 is 0 Å². The third-order valence-electron chi connectivity index (χ3n) is 2.32. The van der Waals surface area contributed by atoms with Gasteiger partial charge in [-0.2, -0.15) is 0 Å². The molecular weight excluding hydrogens is 200 g/mol. The van der Waals surface area contributed by atoms with E-state index < -0.39 is 0 Å². The number of esters is 1. The van der Waals surface area contributed by atoms with Gasteiger partial charge in [0.15, 0.2) is 0 Å². The zero-order chi connectivity index (χ0) is 12.4. The number of hydrogen-bond acceptors (Lipinski definition) is 2. The number of rotatable bonds is 7. The lowest BCUT2D eigenvalue weighted by molar-refractivity contribution is -0.147. The smallest absolute Gasteiger partial charge is 0.312 e. The van der Waals surface area contributed by atoms with Crippen LogP contribution in [0, 0.1) is 11.8 Å². The monoisotopic (exact) mass is 224 g/mol. The van der Waals surface area contributed by atoms with E-state index >= 15 is 0 Å². The lowest BCUT2D eigenvalue weighted by Gasteiger charge is -2.12. The second kappa shape index (κ2) is 9.20. The van der Waals surface area contributed by atoms with Crippen LogP contribution in [0.2, 0.25) is 0 Å². The summed E-state index contributed by atoms with van der Waals surface area (Å²) in [6, 6.07) is 0. The van der Waals surface area contributed by atoms with Gasteiger partial charge >= 0.3 is 5.97 Å². The molecule has 0 fully saturated rings. The standard InChI is InChI=1S/C14H24O2/c1-5-7-9-12(3)11-16-14(15)13(4)10-8-6-2/h5,7-8,10,12-13H,6,9,11H2,1-4H3. The molecule has 2 nitrogen and oxygen atoms in total. The van der Waals surface area contributed by atoms with Gasteiger partial charge in [0, 0.05) is 0 Å². The molecule has 0 aromatic carbocycles. The minimum absolute atomic E-state index is 0.128. The van der Waals surface area contributed by atoms with E-state index in [4.69, 9.17) is 4.74 Å². The molecule has 0 saturated heterocycles. The summed E-state index contributed by atoms with van der Waals surface area (Å²) in [5, 5.41) is 0. The predicted molar refractivity (Wildman–Crippen MR) is 68.1 cm³/mol. The summed E-state index contributed by atoms with van der Waals surface area (Å²) >= 11 is 0. The molecule has 0 aliphatic carbocycles. The summed E-state index contributed by atoms with van der Waals surface area (Å²) in [7, 11) is 0. The van der Waals surface area contributed by atoms with E-state index in [1.807, 2.05) is 39.0 Å². The quantitative estimate of drug-likeness (QED) is 0.486. The van der Waals surface area contributed by atoms with Crippen LogP contribution in [-0.4, -0.2) is 12.6 Å². The maximum atomic E-state index is 11.5. The Kier molecular flexibility index (Phi) is 8.59. The summed E-state index contributed by atoms with van der Waals surface area (Å²) in [4.78, 5) is 11.5. The first kappa shape index (κ1) is 14.9. The number of hydrogen-bond donors (Lipinski definition) is 0. The molecule has 0 amide bonds. The molecule has 0 bridgehead atoms. The van der Waals surface area contributed by atoms with Crippen molar-refractivity contribution in [3.05, 3.63) is 24.3 Å². The molecule has 0 aromatic heterocycles. The molecule has 0 heterocycles. The summed E-state index contributed by atoms with van der Waals surface area (Å²) in [5.41, 5.74) is 0. The summed E-state index contributed by atoms with van der Waals surface area (Å²) in [6.45, 7) is 8.50. The minimum Gasteiger partial charge on any atom is -0.465 e. The molecule has 0 rings (SSSR count). The van der Waals surface area contributed by atoms with Crippen molar-refractivity contribution in [1.29, 1.82) is 0 Å². The van der Waals surface area contributed by atoms with E-state index in [0.29, 0.717) is 12.5 Å². The number of allylic oxidation sites excluding steroid dienone is 3. The zero-order valence-electron chi connectivity index (χ0n) is 10.9. The van der Waals surface area contributed by atoms with Crippen LogP contribution in [0.25, 0.3) is 0 Å². The Morgan fingerprint density at radius 3 is 2.56 bits per heavy atom. The van der Waals surface area contributed by atoms with Crippen molar-refractivity contribution in [2.75, 3.05) is 6.61 Å². The second-order valence-corrected chi connectivity index (χ2v) is 4.17. The van der Waals surface area contributed by atoms with Crippen LogP contribution in [0.4, 0.5) is 0 Å². The highest BCUT2D eigenvalue weighted by atomic mass is 16.5. The van der Waals surface area contributed by atoms with Gasteiger partial charge in [0.25, 0.3) is 0 Å². The van der Waals surface area contributed by atoms with Crippen LogP contribution in [-0.2, 0) is 9.53 Å². The Morgan fingerprint density at radius 2 is 2.00 bits per heavy atom. The highest BCUT2D eigenvalue weighted by Crippen LogP contribution is 2.07. The first-order valence-electron chi connectivity index (χ1n) is 6.06. The van der Waals surface area contributed by atoms with Crippen LogP contribution in [0.3, 0.4) is 0 Å². The molecule has 2 heteroatoms. The Balaban J connectivity index is 3.83. The molecule has 0 saturated carbocycles. The van der Waals surface area contributed by atoms with Crippen molar-refractivity contribution in [3.63, 3.8) is 0 Å². The largest absolute Gasteiger partial charge is 0.465 e. The number of carbonyl (C=O) groups excluding carboxylic acids is 1. The Labute approximate surface area is 99.4 Å². The summed E-state index contributed by atoms with van der Waals surface area (Å²) in [5.74, 6) is 0.133. The average molecular weight is 224 g/mol. The first-order valence-corrected chi connectivity index (χ1v) is 6.06. The molecule has 2 atom stereocenters. The zero-order valence-corrected chi connectivity index (χ0v) is 10.9. The van der Waals surface area contributed by atoms with Gasteiger partial charge in [-0.05, 0) is 32.6 Å². The van der Waals surface area contributed by atoms with Crippen LogP contribution in [0.5, 0.6) is 0 Å². The minimum atomic E-state index is -0.131. The fraction of sp³-hybridized carbons (Fsp3) is 0.643. The van der Waals surface area contributed by atoms with Gasteiger partial charge in [0.2, 0.25) is 0 Å². The molecule has 0 radical (unpaired) electrons. The Morgan fingerprint density at radius 1 is 1.31 bits per heavy atom. The highest BCUT2D eigenvalue weighted by molar-refractivity contribution is 5.73. The highest BCUT2D eigenvalue weighted by Gasteiger charge is 2.11. The summed E-state index contributed by atoms with van der Waals surface area (Å²) < 4.78 is 5.24. The molecule has 0 aliphatic heterocycles. The van der Waals surface area contributed by atoms with Crippen LogP contribution in [0.1, 0.15) is 40.5 Å². The van der Waals surface area contributed by atoms with Crippen molar-refractivity contribution in [1.82, 2.24) is 0 Å². The van der Waals surface area contributed by atoms with E-state index in [-0.39, 0.29) is 11.9 Å². The van der Waals surface area contributed by atoms with E-state index in [0.717, 1.165) is 12.8 Å². The van der Waals surface area contributed by atoms with Gasteiger partial charge in [-0.25, -0.2) is 0 Å². The normalized spacial score (nSPS) is 15.5. The summed E-state index contributed by atoms with van der Waals surface area (Å²) in [6.07, 6.45) is 9.93. The molecule has 0 aliphatic rings. The lowest BCUT2D eigenvalue weighted by atomic mass is 10.1. The third-order valence-corrected chi connectivity index (χ3v) is 2.32. The van der Waals surface area contributed by atoms with Gasteiger partial charge < -0.3 is 4.74 Å². The average Bonchev–Trinajstić information content (AvgIpc) is 2.30. The molecule has 0 N–H and O–H groups in total. The van der Waals surface area contributed by atoms with Gasteiger partial charge in [-0.3, -0.25) is 4.79 Å². The molecule has 0 aromatic rings. The maximum absolute atomic E-state index is 11.5. The van der Waals surface area contributed by atoms with Gasteiger partial charge in [0.05, 0.1) is 12.5 Å². The van der Waals surface area contributed by atoms with Crippen molar-refractivity contribution >= 4 is 5.97 Å². The SMILES string of the molecule is CC=CCC(C)COC(=O)C(C)C=CCC. The van der Waals surface area contributed by atoms with Crippen molar-refractivity contribution in [2.24, 2.45) is 11.8 Å². The predicted octanol–water partition coefficient (Wildman–Crippen LogP) is 3.73. The van der Waals surface area contributed by atoms with Crippen molar-refractivity contribution in [3.8, 4) is 0 Å². The van der Waals surface area contributed by atoms with Gasteiger partial charge in [0.1, 0.15) is 0 Å². The molecule has 92 valence electrons. The van der Waals surface area contributed by atoms with Gasteiger partial charge in [-0.1, -0.05) is 38.2 Å². The third kappa shape index (κ3) is 7.27. The van der Waals surface area contributed by atoms with Gasteiger partial charge in [-0.15, -0.1) is 0 Å². The molecule has 0 spiro atoms. The van der Waals surface area contributed by atoms with Crippen molar-refractivity contribution in [2.45, 2.75) is 40.5 Å². The fourth-order valence-corrected chi connectivity index (χ4v) is 1.21. The number of ether oxygens (including phenoxy) is 1. The lowest BCUT2D eigenvalue weighted by Crippen LogP contribution is -2.16. The Hall–Kier alpha value is -1.05. The van der Waals surface area contributed by atoms with Crippen LogP contribution < -0.4 is 0 Å². The van der Waals surface area contributed by atoms with E-state index in [1.54, 1.807) is 0 Å². The number of carbonyl (C=O) groups is 1. The van der Waals surface area contributed by atoms with E-state index in [1.165, 1.54) is 0 Å². The molecule has 16 heavy (non-hydrogen) atoms. The topological polar surface area (TPSA) is 26.3 Å². The second-order valence-electron chi connectivity index (χ2n) is 4.17. The molecule has 2 unspecified atom stereocenters. The first-order chi connectivity index (χ1) is 7.61. The fourth-order valence-electron chi connectivity index (χ4n) is 1.21. The van der Waals surface area contributed by atoms with E-state index in [9.17, 15) is 4.79 Å². The maximum Gasteiger partial charge on any atom is 0.312 e.